The van der Waals surface area contributed by atoms with Crippen LogP contribution in [0.3, 0.4) is 0 Å². The summed E-state index contributed by atoms with van der Waals surface area (Å²) in [4.78, 5) is 8.91. The minimum Gasteiger partial charge on any atom is -0.772 e. The van der Waals surface area contributed by atoms with E-state index < -0.39 is 24.4 Å². The molecule has 1 aromatic carbocycles. The molecule has 0 aliphatic rings. The van der Waals surface area contributed by atoms with Crippen LogP contribution in [0.2, 0.25) is 25.7 Å². The Morgan fingerprint density at radius 1 is 1.15 bits per heavy atom. The number of rotatable bonds is 12. The first-order valence-electron chi connectivity index (χ1n) is 11.2. The van der Waals surface area contributed by atoms with Gasteiger partial charge in [0.1, 0.15) is 18.4 Å². The van der Waals surface area contributed by atoms with Crippen molar-refractivity contribution in [2.75, 3.05) is 13.2 Å². The lowest BCUT2D eigenvalue weighted by molar-refractivity contribution is 0.0861. The molecule has 0 aliphatic heterocycles. The molecule has 0 spiro atoms. The van der Waals surface area contributed by atoms with Gasteiger partial charge in [0.05, 0.1) is 11.4 Å². The van der Waals surface area contributed by atoms with E-state index in [0.717, 1.165) is 17.2 Å². The number of halogens is 1. The predicted octanol–water partition coefficient (Wildman–Crippen LogP) is 4.24. The number of hydrogen-bond acceptors (Lipinski definition) is 6. The predicted molar refractivity (Wildman–Crippen MR) is 133 cm³/mol. The van der Waals surface area contributed by atoms with Gasteiger partial charge in [-0.15, -0.1) is 0 Å². The fourth-order valence-electron chi connectivity index (χ4n) is 3.55. The maximum Gasteiger partial charge on any atom is 0.124 e. The van der Waals surface area contributed by atoms with E-state index in [9.17, 15) is 18.3 Å². The van der Waals surface area contributed by atoms with Crippen LogP contribution in [0.15, 0.2) is 48.8 Å². The summed E-state index contributed by atoms with van der Waals surface area (Å²) in [7, 11) is -1.30. The first-order valence-corrected chi connectivity index (χ1v) is 16.1. The van der Waals surface area contributed by atoms with Gasteiger partial charge in [0.2, 0.25) is 0 Å². The van der Waals surface area contributed by atoms with Crippen molar-refractivity contribution in [3.05, 3.63) is 60.4 Å². The van der Waals surface area contributed by atoms with Crippen LogP contribution in [-0.2, 0) is 29.0 Å². The van der Waals surface area contributed by atoms with Gasteiger partial charge in [0, 0.05) is 56.5 Å². The van der Waals surface area contributed by atoms with Gasteiger partial charge < -0.3 is 19.0 Å². The van der Waals surface area contributed by atoms with Crippen molar-refractivity contribution < 1.29 is 23.0 Å². The molecule has 3 rings (SSSR count). The number of pyridine rings is 1. The number of imidazole rings is 1. The molecule has 2 heterocycles. The average molecular weight is 505 g/mol. The zero-order valence-electron chi connectivity index (χ0n) is 19.7. The maximum absolute atomic E-state index is 13.7. The van der Waals surface area contributed by atoms with E-state index in [1.807, 2.05) is 16.7 Å². The zero-order valence-corrected chi connectivity index (χ0v) is 21.6. The van der Waals surface area contributed by atoms with Crippen LogP contribution < -0.4 is 0 Å². The summed E-state index contributed by atoms with van der Waals surface area (Å²) in [6, 6.07) is 10.8. The van der Waals surface area contributed by atoms with Crippen LogP contribution in [-0.4, -0.2) is 54.9 Å². The number of aliphatic hydroxyl groups excluding tert-OH is 1. The van der Waals surface area contributed by atoms with Gasteiger partial charge in [-0.05, 0) is 48.9 Å². The lowest BCUT2D eigenvalue weighted by Gasteiger charge is -2.20. The van der Waals surface area contributed by atoms with Crippen LogP contribution in [0.25, 0.3) is 22.5 Å². The highest BCUT2D eigenvalue weighted by Gasteiger charge is 2.23. The number of ether oxygens (including phenoxy) is 1. The molecule has 0 aliphatic carbocycles. The second-order valence-corrected chi connectivity index (χ2v) is 16.2. The Labute approximate surface area is 203 Å². The lowest BCUT2D eigenvalue weighted by Crippen LogP contribution is -2.24. The molecule has 0 amide bonds. The molecular weight excluding hydrogens is 473 g/mol. The normalized spacial score (nSPS) is 13.7. The number of aromatic nitrogens is 3. The summed E-state index contributed by atoms with van der Waals surface area (Å²) < 4.78 is 45.2. The average Bonchev–Trinajstić information content (AvgIpc) is 3.15. The van der Waals surface area contributed by atoms with Crippen molar-refractivity contribution in [2.45, 2.75) is 50.5 Å². The third-order valence-corrected chi connectivity index (χ3v) is 8.12. The molecule has 2 atom stereocenters. The minimum absolute atomic E-state index is 0.107. The molecule has 7 nitrogen and oxygen atoms in total. The Morgan fingerprint density at radius 3 is 2.41 bits per heavy atom. The van der Waals surface area contributed by atoms with Crippen LogP contribution in [0.4, 0.5) is 4.39 Å². The summed E-state index contributed by atoms with van der Waals surface area (Å²) >= 11 is -2.38. The molecule has 0 radical (unpaired) electrons. The zero-order chi connectivity index (χ0) is 24.7. The van der Waals surface area contributed by atoms with E-state index in [-0.39, 0.29) is 32.0 Å². The highest BCUT2D eigenvalue weighted by Crippen LogP contribution is 2.34. The van der Waals surface area contributed by atoms with Crippen molar-refractivity contribution in [1.82, 2.24) is 14.5 Å². The van der Waals surface area contributed by atoms with Crippen LogP contribution in [0, 0.1) is 5.82 Å². The standard InChI is InChI=1S/C24H32FN3O4SSi/c1-34(2,3)15-14-32-17-28-22(16-21(10-13-29)33(30)31)27-23(18-8-11-26-12-9-18)24(28)19-4-6-20(25)7-5-19/h4-9,11-12,21,29H,10,13-17H2,1-3H3,(H,30,31)/p-1. The maximum atomic E-state index is 13.7. The molecule has 34 heavy (non-hydrogen) atoms. The smallest absolute Gasteiger partial charge is 0.124 e. The molecule has 0 bridgehead atoms. The molecule has 10 heteroatoms. The highest BCUT2D eigenvalue weighted by molar-refractivity contribution is 7.79. The first kappa shape index (κ1) is 26.4. The number of hydrogen-bond donors (Lipinski definition) is 1. The Bertz CT molecular complexity index is 1090. The molecule has 2 unspecified atom stereocenters. The highest BCUT2D eigenvalue weighted by atomic mass is 32.2. The first-order chi connectivity index (χ1) is 16.2. The van der Waals surface area contributed by atoms with Gasteiger partial charge in [-0.1, -0.05) is 30.7 Å². The number of aliphatic hydroxyl groups is 1. The fraction of sp³-hybridized carbons (Fsp3) is 0.417. The summed E-state index contributed by atoms with van der Waals surface area (Å²) in [6.07, 6.45) is 3.55. The topological polar surface area (TPSA) is 100 Å². The summed E-state index contributed by atoms with van der Waals surface area (Å²) in [5.74, 6) is 0.179. The molecule has 184 valence electrons. The lowest BCUT2D eigenvalue weighted by atomic mass is 10.1. The van der Waals surface area contributed by atoms with Crippen molar-refractivity contribution >= 4 is 19.2 Å². The molecular formula is C24H31FN3O4SSi-. The van der Waals surface area contributed by atoms with Gasteiger partial charge >= 0.3 is 0 Å². The van der Waals surface area contributed by atoms with Crippen molar-refractivity contribution in [2.24, 2.45) is 0 Å². The van der Waals surface area contributed by atoms with E-state index in [2.05, 4.69) is 24.6 Å². The summed E-state index contributed by atoms with van der Waals surface area (Å²) in [5.41, 5.74) is 2.90. The van der Waals surface area contributed by atoms with Gasteiger partial charge in [-0.3, -0.25) is 9.19 Å². The second kappa shape index (κ2) is 11.9. The quantitative estimate of drug-likeness (QED) is 0.225. The van der Waals surface area contributed by atoms with Gasteiger partial charge in [0.15, 0.2) is 0 Å². The van der Waals surface area contributed by atoms with E-state index in [4.69, 9.17) is 9.72 Å². The molecule has 1 N–H and O–H groups in total. The fourth-order valence-corrected chi connectivity index (χ4v) is 4.89. The third kappa shape index (κ3) is 7.13. The number of nitrogens with zero attached hydrogens (tertiary/aromatic N) is 3. The molecule has 0 saturated carbocycles. The summed E-state index contributed by atoms with van der Waals surface area (Å²) in [5, 5.41) is 8.57. The van der Waals surface area contributed by atoms with Crippen LogP contribution in [0.1, 0.15) is 12.2 Å². The van der Waals surface area contributed by atoms with Crippen molar-refractivity contribution in [3.63, 3.8) is 0 Å². The van der Waals surface area contributed by atoms with E-state index >= 15 is 0 Å². The van der Waals surface area contributed by atoms with Crippen molar-refractivity contribution in [3.8, 4) is 22.5 Å². The van der Waals surface area contributed by atoms with Crippen molar-refractivity contribution in [1.29, 1.82) is 0 Å². The second-order valence-electron chi connectivity index (χ2n) is 9.34. The summed E-state index contributed by atoms with van der Waals surface area (Å²) in [6.45, 7) is 7.33. The van der Waals surface area contributed by atoms with Gasteiger partial charge in [-0.2, -0.15) is 0 Å². The Balaban J connectivity index is 2.10. The molecule has 0 saturated heterocycles. The minimum atomic E-state index is -2.38. The van der Waals surface area contributed by atoms with E-state index in [1.165, 1.54) is 12.1 Å². The molecule has 3 aromatic rings. The monoisotopic (exact) mass is 504 g/mol. The van der Waals surface area contributed by atoms with E-state index in [0.29, 0.717) is 23.8 Å². The Morgan fingerprint density at radius 2 is 1.82 bits per heavy atom. The van der Waals surface area contributed by atoms with Gasteiger partial charge in [-0.25, -0.2) is 9.37 Å². The third-order valence-electron chi connectivity index (χ3n) is 5.47. The van der Waals surface area contributed by atoms with Gasteiger partial charge in [0.25, 0.3) is 0 Å². The molecule has 0 fully saturated rings. The van der Waals surface area contributed by atoms with Crippen LogP contribution in [0.5, 0.6) is 0 Å². The largest absolute Gasteiger partial charge is 0.772 e. The van der Waals surface area contributed by atoms with E-state index in [1.54, 1.807) is 24.5 Å². The Kier molecular flexibility index (Phi) is 9.26. The van der Waals surface area contributed by atoms with Crippen LogP contribution >= 0.6 is 0 Å². The SMILES string of the molecule is C[Si](C)(C)CCOCn1c(CC(CCO)S(=O)[O-])nc(-c2ccncc2)c1-c1ccc(F)cc1. The Hall–Kier alpha value is -2.24. The molecule has 2 aromatic heterocycles. The number of benzene rings is 1.